The van der Waals surface area contributed by atoms with Crippen molar-refractivity contribution in [1.29, 1.82) is 0 Å². The Morgan fingerprint density at radius 1 is 1.37 bits per heavy atom. The van der Waals surface area contributed by atoms with Crippen LogP contribution in [0.15, 0.2) is 12.3 Å². The van der Waals surface area contributed by atoms with Crippen molar-refractivity contribution in [3.63, 3.8) is 0 Å². The number of hydrogen-bond donors (Lipinski definition) is 1. The molecular weight excluding hydrogens is 238 g/mol. The Morgan fingerprint density at radius 3 is 2.68 bits per heavy atom. The van der Waals surface area contributed by atoms with Gasteiger partial charge in [0.15, 0.2) is 0 Å². The van der Waals surface area contributed by atoms with Gasteiger partial charge in [0.25, 0.3) is 0 Å². The van der Waals surface area contributed by atoms with E-state index in [0.717, 1.165) is 29.8 Å². The second-order valence-electron chi connectivity index (χ2n) is 5.02. The Labute approximate surface area is 113 Å². The maximum absolute atomic E-state index is 5.95. The molecule has 2 rings (SSSR count). The molecule has 0 bridgehead atoms. The van der Waals surface area contributed by atoms with Gasteiger partial charge in [-0.2, -0.15) is 5.10 Å². The van der Waals surface area contributed by atoms with Gasteiger partial charge in [0.1, 0.15) is 11.6 Å². The number of aromatic nitrogens is 4. The highest BCUT2D eigenvalue weighted by atomic mass is 15.3. The van der Waals surface area contributed by atoms with Crippen molar-refractivity contribution in [3.8, 4) is 0 Å². The van der Waals surface area contributed by atoms with Crippen molar-refractivity contribution in [3.05, 3.63) is 35.0 Å². The largest absolute Gasteiger partial charge is 0.383 e. The van der Waals surface area contributed by atoms with Crippen LogP contribution in [0.1, 0.15) is 49.6 Å². The van der Waals surface area contributed by atoms with Gasteiger partial charge in [0.05, 0.1) is 5.69 Å². The number of nitrogens with zero attached hydrogens (tertiary/aromatic N) is 4. The van der Waals surface area contributed by atoms with E-state index >= 15 is 0 Å². The van der Waals surface area contributed by atoms with Crippen LogP contribution in [0, 0.1) is 6.92 Å². The Bertz CT molecular complexity index is 571. The molecule has 5 nitrogen and oxygen atoms in total. The molecule has 0 saturated heterocycles. The summed E-state index contributed by atoms with van der Waals surface area (Å²) in [6, 6.07) is 2.47. The fourth-order valence-electron chi connectivity index (χ4n) is 2.09. The zero-order valence-electron chi connectivity index (χ0n) is 12.0. The summed E-state index contributed by atoms with van der Waals surface area (Å²) in [4.78, 5) is 8.43. The van der Waals surface area contributed by atoms with Crippen LogP contribution in [0.2, 0.25) is 0 Å². The van der Waals surface area contributed by atoms with Crippen LogP contribution in [0.5, 0.6) is 0 Å². The molecule has 0 unspecified atom stereocenters. The summed E-state index contributed by atoms with van der Waals surface area (Å²) < 4.78 is 2.05. The van der Waals surface area contributed by atoms with Gasteiger partial charge in [-0.05, 0) is 33.3 Å². The van der Waals surface area contributed by atoms with Gasteiger partial charge in [-0.25, -0.2) is 9.97 Å². The Morgan fingerprint density at radius 2 is 2.11 bits per heavy atom. The molecule has 19 heavy (non-hydrogen) atoms. The van der Waals surface area contributed by atoms with Crippen LogP contribution in [0.3, 0.4) is 0 Å². The SMILES string of the molecule is CCc1cc(Cc2cnc(C)nc2N)n(C(C)C)n1. The maximum Gasteiger partial charge on any atom is 0.130 e. The normalized spacial score (nSPS) is 11.2. The molecule has 0 radical (unpaired) electrons. The highest BCUT2D eigenvalue weighted by Gasteiger charge is 2.12. The monoisotopic (exact) mass is 259 g/mol. The van der Waals surface area contributed by atoms with Gasteiger partial charge in [0.2, 0.25) is 0 Å². The second kappa shape index (κ2) is 5.38. The molecule has 0 aliphatic heterocycles. The van der Waals surface area contributed by atoms with E-state index < -0.39 is 0 Å². The number of rotatable bonds is 4. The molecule has 2 aromatic rings. The second-order valence-corrected chi connectivity index (χ2v) is 5.02. The van der Waals surface area contributed by atoms with Crippen LogP contribution < -0.4 is 5.73 Å². The first-order valence-electron chi connectivity index (χ1n) is 6.66. The van der Waals surface area contributed by atoms with Crippen molar-refractivity contribution >= 4 is 5.82 Å². The molecule has 0 amide bonds. The smallest absolute Gasteiger partial charge is 0.130 e. The Kier molecular flexibility index (Phi) is 3.83. The van der Waals surface area contributed by atoms with E-state index in [0.29, 0.717) is 17.7 Å². The van der Waals surface area contributed by atoms with Crippen molar-refractivity contribution in [2.24, 2.45) is 0 Å². The lowest BCUT2D eigenvalue weighted by Crippen LogP contribution is -2.10. The molecule has 0 atom stereocenters. The van der Waals surface area contributed by atoms with E-state index in [4.69, 9.17) is 5.73 Å². The number of nitrogens with two attached hydrogens (primary N) is 1. The Balaban J connectivity index is 2.34. The maximum atomic E-state index is 5.95. The predicted octanol–water partition coefficient (Wildman–Crippen LogP) is 2.30. The first-order chi connectivity index (χ1) is 9.01. The van der Waals surface area contributed by atoms with Crippen LogP contribution in [0.4, 0.5) is 5.82 Å². The van der Waals surface area contributed by atoms with Crippen LogP contribution in [-0.2, 0) is 12.8 Å². The number of aryl methyl sites for hydroxylation is 2. The van der Waals surface area contributed by atoms with E-state index in [1.807, 2.05) is 6.92 Å². The molecular formula is C14H21N5. The van der Waals surface area contributed by atoms with Gasteiger partial charge < -0.3 is 5.73 Å². The molecule has 102 valence electrons. The quantitative estimate of drug-likeness (QED) is 0.914. The van der Waals surface area contributed by atoms with Crippen molar-refractivity contribution < 1.29 is 0 Å². The van der Waals surface area contributed by atoms with Crippen LogP contribution >= 0.6 is 0 Å². The van der Waals surface area contributed by atoms with Crippen molar-refractivity contribution in [2.45, 2.75) is 46.6 Å². The third kappa shape index (κ3) is 2.92. The first-order valence-corrected chi connectivity index (χ1v) is 6.66. The lowest BCUT2D eigenvalue weighted by Gasteiger charge is -2.11. The van der Waals surface area contributed by atoms with Crippen LogP contribution in [-0.4, -0.2) is 19.7 Å². The van der Waals surface area contributed by atoms with Crippen molar-refractivity contribution in [1.82, 2.24) is 19.7 Å². The molecule has 0 aromatic carbocycles. The van der Waals surface area contributed by atoms with E-state index in [9.17, 15) is 0 Å². The fourth-order valence-corrected chi connectivity index (χ4v) is 2.09. The van der Waals surface area contributed by atoms with E-state index in [-0.39, 0.29) is 0 Å². The average molecular weight is 259 g/mol. The van der Waals surface area contributed by atoms with Crippen LogP contribution in [0.25, 0.3) is 0 Å². The highest BCUT2D eigenvalue weighted by molar-refractivity contribution is 5.40. The zero-order valence-corrected chi connectivity index (χ0v) is 12.0. The molecule has 5 heteroatoms. The van der Waals surface area contributed by atoms with E-state index in [2.05, 4.69) is 46.6 Å². The minimum atomic E-state index is 0.336. The summed E-state index contributed by atoms with van der Waals surface area (Å²) >= 11 is 0. The Hall–Kier alpha value is -1.91. The average Bonchev–Trinajstić information content (AvgIpc) is 2.76. The van der Waals surface area contributed by atoms with E-state index in [1.165, 1.54) is 0 Å². The third-order valence-electron chi connectivity index (χ3n) is 3.11. The minimum absolute atomic E-state index is 0.336. The topological polar surface area (TPSA) is 69.6 Å². The van der Waals surface area contributed by atoms with Gasteiger partial charge in [-0.3, -0.25) is 4.68 Å². The molecule has 0 aliphatic carbocycles. The number of anilines is 1. The molecule has 2 heterocycles. The molecule has 2 N–H and O–H groups in total. The summed E-state index contributed by atoms with van der Waals surface area (Å²) in [6.07, 6.45) is 3.46. The first kappa shape index (κ1) is 13.5. The van der Waals surface area contributed by atoms with Gasteiger partial charge in [-0.1, -0.05) is 6.92 Å². The molecule has 0 aliphatic rings. The number of hydrogen-bond acceptors (Lipinski definition) is 4. The predicted molar refractivity (Wildman–Crippen MR) is 76.0 cm³/mol. The van der Waals surface area contributed by atoms with E-state index in [1.54, 1.807) is 6.20 Å². The van der Waals surface area contributed by atoms with Crippen molar-refractivity contribution in [2.75, 3.05) is 5.73 Å². The summed E-state index contributed by atoms with van der Waals surface area (Å²) in [5, 5.41) is 4.61. The minimum Gasteiger partial charge on any atom is -0.383 e. The highest BCUT2D eigenvalue weighted by Crippen LogP contribution is 2.18. The summed E-state index contributed by atoms with van der Waals surface area (Å²) in [6.45, 7) is 8.21. The molecule has 0 spiro atoms. The number of nitrogen functional groups attached to an aromatic ring is 1. The van der Waals surface area contributed by atoms with Gasteiger partial charge >= 0.3 is 0 Å². The van der Waals surface area contributed by atoms with Gasteiger partial charge in [-0.15, -0.1) is 0 Å². The fraction of sp³-hybridized carbons (Fsp3) is 0.500. The standard InChI is InChI=1S/C14H21N5/c1-5-12-7-13(19(18-12)9(2)3)6-11-8-16-10(4)17-14(11)15/h7-9H,5-6H2,1-4H3,(H2,15,16,17). The molecule has 0 fully saturated rings. The lowest BCUT2D eigenvalue weighted by atomic mass is 10.1. The third-order valence-corrected chi connectivity index (χ3v) is 3.11. The van der Waals surface area contributed by atoms with Gasteiger partial charge in [0, 0.05) is 29.9 Å². The summed E-state index contributed by atoms with van der Waals surface area (Å²) in [5.41, 5.74) is 9.17. The lowest BCUT2D eigenvalue weighted by molar-refractivity contribution is 0.509. The molecule has 2 aromatic heterocycles. The summed E-state index contributed by atoms with van der Waals surface area (Å²) in [5.74, 6) is 1.26. The summed E-state index contributed by atoms with van der Waals surface area (Å²) in [7, 11) is 0. The molecule has 0 saturated carbocycles. The zero-order chi connectivity index (χ0) is 14.0.